The molecule has 4 nitrogen and oxygen atoms in total. The molecule has 4 aromatic rings. The molecule has 0 saturated heterocycles. The fourth-order valence-corrected chi connectivity index (χ4v) is 5.38. The minimum atomic E-state index is -0.712. The highest BCUT2D eigenvalue weighted by Gasteiger charge is 2.18. The van der Waals surface area contributed by atoms with Crippen molar-refractivity contribution in [2.24, 2.45) is 4.99 Å². The molecule has 0 spiro atoms. The number of hydrogen-bond acceptors (Lipinski definition) is 4. The van der Waals surface area contributed by atoms with E-state index in [0.717, 1.165) is 27.5 Å². The van der Waals surface area contributed by atoms with E-state index in [1.54, 1.807) is 0 Å². The van der Waals surface area contributed by atoms with Crippen LogP contribution in [-0.4, -0.2) is 24.2 Å². The van der Waals surface area contributed by atoms with Crippen molar-refractivity contribution < 1.29 is 18.3 Å². The average Bonchev–Trinajstić information content (AvgIpc) is 3.18. The first-order valence-corrected chi connectivity index (χ1v) is 10.2. The zero-order valence-electron chi connectivity index (χ0n) is 14.5. The predicted octanol–water partition coefficient (Wildman–Crippen LogP) is 5.24. The van der Waals surface area contributed by atoms with E-state index in [-0.39, 0.29) is 23.5 Å². The minimum absolute atomic E-state index is 0.192. The second kappa shape index (κ2) is 7.71. The van der Waals surface area contributed by atoms with Crippen molar-refractivity contribution in [2.45, 2.75) is 6.54 Å². The number of thiophene rings is 1. The Balaban J connectivity index is 1.89. The Kier molecular flexibility index (Phi) is 5.29. The summed E-state index contributed by atoms with van der Waals surface area (Å²) in [6.45, 7) is 0.555. The van der Waals surface area contributed by atoms with Crippen molar-refractivity contribution in [1.82, 2.24) is 4.57 Å². The van der Waals surface area contributed by atoms with Gasteiger partial charge in [-0.15, -0.1) is 11.3 Å². The monoisotopic (exact) mass is 438 g/mol. The SMILES string of the molecule is COCCn1c(=NC(=O)c2sc3ccccc3c2Cl)sc2cc(F)cc(F)c21. The van der Waals surface area contributed by atoms with Gasteiger partial charge in [0.1, 0.15) is 10.7 Å². The molecule has 2 aromatic carbocycles. The van der Waals surface area contributed by atoms with E-state index in [0.29, 0.717) is 14.6 Å². The molecular formula is C19H13ClF2N2O2S2. The van der Waals surface area contributed by atoms with Gasteiger partial charge in [0.15, 0.2) is 10.6 Å². The zero-order valence-corrected chi connectivity index (χ0v) is 16.9. The van der Waals surface area contributed by atoms with Crippen LogP contribution in [0.5, 0.6) is 0 Å². The number of benzene rings is 2. The Labute approximate surface area is 171 Å². The fraction of sp³-hybridized carbons (Fsp3) is 0.158. The Morgan fingerprint density at radius 1 is 1.21 bits per heavy atom. The Bertz CT molecular complexity index is 1280. The number of thiazole rings is 1. The molecule has 0 unspecified atom stereocenters. The van der Waals surface area contributed by atoms with Gasteiger partial charge in [-0.05, 0) is 12.1 Å². The number of methoxy groups -OCH3 is 1. The van der Waals surface area contributed by atoms with Crippen LogP contribution in [0.15, 0.2) is 41.4 Å². The van der Waals surface area contributed by atoms with Gasteiger partial charge in [-0.3, -0.25) is 4.79 Å². The van der Waals surface area contributed by atoms with Gasteiger partial charge in [-0.1, -0.05) is 41.1 Å². The van der Waals surface area contributed by atoms with Crippen LogP contribution in [0.2, 0.25) is 5.02 Å². The summed E-state index contributed by atoms with van der Waals surface area (Å²) in [5.41, 5.74) is 0.192. The summed E-state index contributed by atoms with van der Waals surface area (Å²) >= 11 is 8.65. The molecule has 4 rings (SSSR count). The number of hydrogen-bond donors (Lipinski definition) is 0. The van der Waals surface area contributed by atoms with Crippen LogP contribution in [-0.2, 0) is 11.3 Å². The number of amides is 1. The lowest BCUT2D eigenvalue weighted by Crippen LogP contribution is -2.19. The third-order valence-electron chi connectivity index (χ3n) is 4.14. The largest absolute Gasteiger partial charge is 0.383 e. The summed E-state index contributed by atoms with van der Waals surface area (Å²) in [6, 6.07) is 9.45. The third-order valence-corrected chi connectivity index (χ3v) is 6.83. The van der Waals surface area contributed by atoms with Crippen molar-refractivity contribution in [1.29, 1.82) is 0 Å². The van der Waals surface area contributed by atoms with Gasteiger partial charge in [0.05, 0.1) is 21.8 Å². The summed E-state index contributed by atoms with van der Waals surface area (Å²) < 4.78 is 35.8. The first-order valence-electron chi connectivity index (χ1n) is 8.23. The molecule has 0 aliphatic heterocycles. The Hall–Kier alpha value is -2.13. The lowest BCUT2D eigenvalue weighted by Gasteiger charge is -2.05. The quantitative estimate of drug-likeness (QED) is 0.437. The lowest BCUT2D eigenvalue weighted by atomic mass is 10.2. The van der Waals surface area contributed by atoms with Crippen LogP contribution in [0.1, 0.15) is 9.67 Å². The number of carbonyl (C=O) groups is 1. The molecule has 0 N–H and O–H groups in total. The number of rotatable bonds is 4. The standard InChI is InChI=1S/C19H13ClF2N2O2S2/c1-26-7-6-24-16-12(22)8-10(21)9-14(16)28-19(24)23-18(25)17-15(20)11-4-2-3-5-13(11)27-17/h2-5,8-9H,6-7H2,1H3. The highest BCUT2D eigenvalue weighted by molar-refractivity contribution is 7.21. The third kappa shape index (κ3) is 3.37. The molecule has 2 heterocycles. The lowest BCUT2D eigenvalue weighted by molar-refractivity contribution is 0.100. The van der Waals surface area contributed by atoms with Crippen LogP contribution in [0.25, 0.3) is 20.3 Å². The number of carbonyl (C=O) groups excluding carboxylic acids is 1. The van der Waals surface area contributed by atoms with E-state index in [2.05, 4.69) is 4.99 Å². The molecule has 0 aliphatic carbocycles. The van der Waals surface area contributed by atoms with Crippen molar-refractivity contribution in [3.05, 3.63) is 62.7 Å². The topological polar surface area (TPSA) is 43.6 Å². The highest BCUT2D eigenvalue weighted by Crippen LogP contribution is 2.35. The molecule has 9 heteroatoms. The van der Waals surface area contributed by atoms with Gasteiger partial charge in [0.25, 0.3) is 5.91 Å². The van der Waals surface area contributed by atoms with E-state index in [1.807, 2.05) is 24.3 Å². The van der Waals surface area contributed by atoms with Crippen molar-refractivity contribution in [3.63, 3.8) is 0 Å². The van der Waals surface area contributed by atoms with Gasteiger partial charge in [0, 0.05) is 29.8 Å². The van der Waals surface area contributed by atoms with Crippen LogP contribution in [0.3, 0.4) is 0 Å². The maximum atomic E-state index is 14.4. The molecule has 144 valence electrons. The maximum absolute atomic E-state index is 14.4. The van der Waals surface area contributed by atoms with Crippen LogP contribution >= 0.6 is 34.3 Å². The molecule has 0 bridgehead atoms. The summed E-state index contributed by atoms with van der Waals surface area (Å²) in [5, 5.41) is 1.13. The van der Waals surface area contributed by atoms with Gasteiger partial charge in [-0.2, -0.15) is 4.99 Å². The van der Waals surface area contributed by atoms with Crippen LogP contribution < -0.4 is 4.80 Å². The van der Waals surface area contributed by atoms with Gasteiger partial charge in [0.2, 0.25) is 0 Å². The Morgan fingerprint density at radius 2 is 2.00 bits per heavy atom. The number of ether oxygens (including phenoxy) is 1. The molecule has 0 atom stereocenters. The first kappa shape index (κ1) is 19.2. The number of halogens is 3. The van der Waals surface area contributed by atoms with E-state index in [9.17, 15) is 13.6 Å². The molecule has 0 saturated carbocycles. The minimum Gasteiger partial charge on any atom is -0.383 e. The van der Waals surface area contributed by atoms with E-state index < -0.39 is 17.5 Å². The molecule has 2 aromatic heterocycles. The van der Waals surface area contributed by atoms with E-state index in [4.69, 9.17) is 16.3 Å². The number of nitrogens with zero attached hydrogens (tertiary/aromatic N) is 2. The second-order valence-electron chi connectivity index (χ2n) is 5.92. The van der Waals surface area contributed by atoms with E-state index >= 15 is 0 Å². The average molecular weight is 439 g/mol. The molecule has 28 heavy (non-hydrogen) atoms. The predicted molar refractivity (Wildman–Crippen MR) is 108 cm³/mol. The zero-order chi connectivity index (χ0) is 19.8. The molecular weight excluding hydrogens is 426 g/mol. The molecule has 0 radical (unpaired) electrons. The molecule has 0 aliphatic rings. The molecule has 1 amide bonds. The van der Waals surface area contributed by atoms with Crippen molar-refractivity contribution in [3.8, 4) is 0 Å². The maximum Gasteiger partial charge on any atom is 0.291 e. The van der Waals surface area contributed by atoms with Crippen LogP contribution in [0.4, 0.5) is 8.78 Å². The van der Waals surface area contributed by atoms with Gasteiger partial charge < -0.3 is 9.30 Å². The summed E-state index contributed by atoms with van der Waals surface area (Å²) in [5.74, 6) is -1.92. The normalized spacial score (nSPS) is 12.4. The summed E-state index contributed by atoms with van der Waals surface area (Å²) in [6.07, 6.45) is 0. The molecule has 0 fully saturated rings. The fourth-order valence-electron chi connectivity index (χ4n) is 2.89. The smallest absolute Gasteiger partial charge is 0.291 e. The van der Waals surface area contributed by atoms with Gasteiger partial charge in [-0.25, -0.2) is 8.78 Å². The van der Waals surface area contributed by atoms with Crippen molar-refractivity contribution in [2.75, 3.05) is 13.7 Å². The van der Waals surface area contributed by atoms with Gasteiger partial charge >= 0.3 is 0 Å². The summed E-state index contributed by atoms with van der Waals surface area (Å²) in [7, 11) is 1.52. The van der Waals surface area contributed by atoms with E-state index in [1.165, 1.54) is 29.1 Å². The number of aromatic nitrogens is 1. The Morgan fingerprint density at radius 3 is 2.75 bits per heavy atom. The summed E-state index contributed by atoms with van der Waals surface area (Å²) in [4.78, 5) is 17.6. The number of fused-ring (bicyclic) bond motifs is 2. The first-order chi connectivity index (χ1) is 13.5. The van der Waals surface area contributed by atoms with Crippen molar-refractivity contribution >= 4 is 60.5 Å². The second-order valence-corrected chi connectivity index (χ2v) is 8.36. The van der Waals surface area contributed by atoms with Crippen LogP contribution in [0, 0.1) is 11.6 Å². The highest BCUT2D eigenvalue weighted by atomic mass is 35.5.